The Morgan fingerprint density at radius 1 is 0.500 bits per heavy atom. The van der Waals surface area contributed by atoms with Crippen LogP contribution in [0.1, 0.15) is 188 Å². The van der Waals surface area contributed by atoms with Gasteiger partial charge < -0.3 is 0 Å². The first kappa shape index (κ1) is 42.2. The average molecular weight is 613 g/mol. The zero-order valence-electron chi connectivity index (χ0n) is 29.6. The Labute approximate surface area is 274 Å². The Kier molecular flexibility index (Phi) is 34.3. The van der Waals surface area contributed by atoms with E-state index in [1.807, 2.05) is 0 Å². The highest BCUT2D eigenvalue weighted by atomic mass is 16.1. The van der Waals surface area contributed by atoms with Crippen molar-refractivity contribution in [2.45, 2.75) is 188 Å². The van der Waals surface area contributed by atoms with Gasteiger partial charge in [-0.05, 0) is 69.1 Å². The second-order valence-corrected chi connectivity index (χ2v) is 13.1. The van der Waals surface area contributed by atoms with Crippen LogP contribution in [-0.4, -0.2) is 25.2 Å². The molecule has 4 heteroatoms. The Hall–Kier alpha value is -1.76. The Balaban J connectivity index is 5.04. The number of hydrogen-bond donors (Lipinski definition) is 0. The summed E-state index contributed by atoms with van der Waals surface area (Å²) in [4.78, 5) is 27.7. The minimum Gasteiger partial charge on any atom is -0.211 e. The first-order valence-electron chi connectivity index (χ1n) is 19.2. The van der Waals surface area contributed by atoms with E-state index in [4.69, 9.17) is 0 Å². The van der Waals surface area contributed by atoms with Gasteiger partial charge in [-0.1, -0.05) is 161 Å². The van der Waals surface area contributed by atoms with Gasteiger partial charge in [-0.25, -0.2) is 19.6 Å². The fourth-order valence-electron chi connectivity index (χ4n) is 6.49. The highest BCUT2D eigenvalue weighted by Crippen LogP contribution is 2.34. The van der Waals surface area contributed by atoms with E-state index in [0.29, 0.717) is 24.9 Å². The molecule has 0 aliphatic rings. The van der Waals surface area contributed by atoms with E-state index in [-0.39, 0.29) is 0 Å². The SMILES string of the molecule is CCCCCC=CC(CCCCCCCCCCN=C=O)C(C=CCCCCC)C(CC)CCCCCCCCCN=C=O. The zero-order valence-corrected chi connectivity index (χ0v) is 29.6. The fourth-order valence-corrected chi connectivity index (χ4v) is 6.49. The topological polar surface area (TPSA) is 58.9 Å². The smallest absolute Gasteiger partial charge is 0.211 e. The monoisotopic (exact) mass is 613 g/mol. The molecule has 0 amide bonds. The van der Waals surface area contributed by atoms with Crippen LogP contribution in [0.25, 0.3) is 0 Å². The molecule has 0 aliphatic carbocycles. The van der Waals surface area contributed by atoms with E-state index in [9.17, 15) is 9.59 Å². The molecule has 3 atom stereocenters. The summed E-state index contributed by atoms with van der Waals surface area (Å²) in [5.41, 5.74) is 0. The molecule has 254 valence electrons. The van der Waals surface area contributed by atoms with Crippen molar-refractivity contribution in [3.8, 4) is 0 Å². The standard InChI is InChI=1S/C40H72N2O2/c1-4-7-9-18-25-31-39(32-26-21-14-11-12-16-22-28-34-41-36-43)40(33-27-19-10-8-5-2)38(6-3)30-24-20-15-13-17-23-29-35-42-37-44/h25,27,31,33,38-40H,4-24,26,28-30,32,34-35H2,1-3H3. The minimum atomic E-state index is 0.643. The number of hydrogen-bond acceptors (Lipinski definition) is 4. The first-order valence-corrected chi connectivity index (χ1v) is 19.2. The maximum absolute atomic E-state index is 10.2. The Morgan fingerprint density at radius 2 is 0.932 bits per heavy atom. The predicted octanol–water partition coefficient (Wildman–Crippen LogP) is 12.8. The minimum absolute atomic E-state index is 0.643. The van der Waals surface area contributed by atoms with Crippen LogP contribution in [0, 0.1) is 17.8 Å². The molecule has 0 spiro atoms. The number of allylic oxidation sites excluding steroid dienone is 4. The Morgan fingerprint density at radius 3 is 1.39 bits per heavy atom. The first-order chi connectivity index (χ1) is 21.7. The summed E-state index contributed by atoms with van der Waals surface area (Å²) in [6, 6.07) is 0. The van der Waals surface area contributed by atoms with E-state index in [2.05, 4.69) is 55.1 Å². The lowest BCUT2D eigenvalue weighted by atomic mass is 9.75. The van der Waals surface area contributed by atoms with Crippen LogP contribution in [0.3, 0.4) is 0 Å². The summed E-state index contributed by atoms with van der Waals surface area (Å²) in [6.45, 7) is 8.31. The second-order valence-electron chi connectivity index (χ2n) is 13.1. The van der Waals surface area contributed by atoms with Crippen LogP contribution >= 0.6 is 0 Å². The van der Waals surface area contributed by atoms with E-state index in [1.165, 1.54) is 154 Å². The highest BCUT2D eigenvalue weighted by Gasteiger charge is 2.24. The van der Waals surface area contributed by atoms with Crippen molar-refractivity contribution in [3.63, 3.8) is 0 Å². The van der Waals surface area contributed by atoms with Crippen molar-refractivity contribution in [1.29, 1.82) is 0 Å². The van der Waals surface area contributed by atoms with Crippen LogP contribution in [0.15, 0.2) is 34.3 Å². The molecule has 0 fully saturated rings. The van der Waals surface area contributed by atoms with E-state index in [0.717, 1.165) is 18.8 Å². The lowest BCUT2D eigenvalue weighted by Gasteiger charge is -2.30. The van der Waals surface area contributed by atoms with Crippen molar-refractivity contribution in [1.82, 2.24) is 0 Å². The summed E-state index contributed by atoms with van der Waals surface area (Å²) in [5.74, 6) is 2.10. The van der Waals surface area contributed by atoms with Gasteiger partial charge in [-0.15, -0.1) is 0 Å². The van der Waals surface area contributed by atoms with Crippen LogP contribution in [-0.2, 0) is 9.59 Å². The summed E-state index contributed by atoms with van der Waals surface area (Å²) in [6.07, 6.45) is 46.9. The number of isocyanates is 2. The van der Waals surface area contributed by atoms with Gasteiger partial charge in [-0.2, -0.15) is 0 Å². The molecule has 0 saturated heterocycles. The van der Waals surface area contributed by atoms with Gasteiger partial charge >= 0.3 is 0 Å². The lowest BCUT2D eigenvalue weighted by Crippen LogP contribution is -2.21. The van der Waals surface area contributed by atoms with Gasteiger partial charge in [0.1, 0.15) is 0 Å². The van der Waals surface area contributed by atoms with Gasteiger partial charge in [0.25, 0.3) is 0 Å². The molecule has 0 aliphatic heterocycles. The summed E-state index contributed by atoms with van der Waals surface area (Å²) in [7, 11) is 0. The quantitative estimate of drug-likeness (QED) is 0.0314. The van der Waals surface area contributed by atoms with Crippen molar-refractivity contribution in [2.24, 2.45) is 27.7 Å². The van der Waals surface area contributed by atoms with Crippen molar-refractivity contribution >= 4 is 12.2 Å². The van der Waals surface area contributed by atoms with Crippen molar-refractivity contribution in [2.75, 3.05) is 13.1 Å². The highest BCUT2D eigenvalue weighted by molar-refractivity contribution is 5.32. The molecule has 0 rings (SSSR count). The molecule has 0 aromatic carbocycles. The number of aliphatic imine (C=N–C) groups is 2. The van der Waals surface area contributed by atoms with Gasteiger partial charge in [0, 0.05) is 0 Å². The van der Waals surface area contributed by atoms with Crippen LogP contribution in [0.4, 0.5) is 0 Å². The molecule has 0 aromatic heterocycles. The third kappa shape index (κ3) is 27.8. The van der Waals surface area contributed by atoms with E-state index < -0.39 is 0 Å². The number of nitrogens with zero attached hydrogens (tertiary/aromatic N) is 2. The molecule has 3 unspecified atom stereocenters. The van der Waals surface area contributed by atoms with Gasteiger partial charge in [0.15, 0.2) is 0 Å². The molecule has 0 heterocycles. The number of rotatable bonds is 34. The maximum Gasteiger partial charge on any atom is 0.234 e. The molecule has 4 nitrogen and oxygen atoms in total. The second kappa shape index (κ2) is 35.7. The molecule has 0 bridgehead atoms. The van der Waals surface area contributed by atoms with E-state index >= 15 is 0 Å². The average Bonchev–Trinajstić information content (AvgIpc) is 3.04. The van der Waals surface area contributed by atoms with E-state index in [1.54, 1.807) is 12.2 Å². The summed E-state index contributed by atoms with van der Waals surface area (Å²) >= 11 is 0. The lowest BCUT2D eigenvalue weighted by molar-refractivity contribution is 0.270. The largest absolute Gasteiger partial charge is 0.234 e. The predicted molar refractivity (Wildman–Crippen MR) is 192 cm³/mol. The fraction of sp³-hybridized carbons (Fsp3) is 0.850. The van der Waals surface area contributed by atoms with Crippen LogP contribution in [0.5, 0.6) is 0 Å². The summed E-state index contributed by atoms with van der Waals surface area (Å²) in [5, 5.41) is 0. The van der Waals surface area contributed by atoms with Crippen molar-refractivity contribution < 1.29 is 9.59 Å². The van der Waals surface area contributed by atoms with Crippen LogP contribution < -0.4 is 0 Å². The van der Waals surface area contributed by atoms with Gasteiger partial charge in [0.05, 0.1) is 13.1 Å². The normalized spacial score (nSPS) is 13.6. The Bertz CT molecular complexity index is 748. The van der Waals surface area contributed by atoms with Crippen LogP contribution in [0.2, 0.25) is 0 Å². The zero-order chi connectivity index (χ0) is 32.2. The molecule has 0 radical (unpaired) electrons. The third-order valence-corrected chi connectivity index (χ3v) is 9.28. The molecule has 0 aromatic rings. The summed E-state index contributed by atoms with van der Waals surface area (Å²) < 4.78 is 0. The van der Waals surface area contributed by atoms with Gasteiger partial charge in [0.2, 0.25) is 12.2 Å². The third-order valence-electron chi connectivity index (χ3n) is 9.28. The molecule has 44 heavy (non-hydrogen) atoms. The maximum atomic E-state index is 10.2. The van der Waals surface area contributed by atoms with Crippen molar-refractivity contribution in [3.05, 3.63) is 24.3 Å². The van der Waals surface area contributed by atoms with Gasteiger partial charge in [-0.3, -0.25) is 0 Å². The molecule has 0 saturated carbocycles. The molecular formula is C40H72N2O2. The molecule has 0 N–H and O–H groups in total. The number of carbonyl (C=O) groups excluding carboxylic acids is 2. The number of unbranched alkanes of at least 4 members (excludes halogenated alkanes) is 19. The molecular weight excluding hydrogens is 540 g/mol.